The highest BCUT2D eigenvalue weighted by molar-refractivity contribution is 14.0. The number of aliphatic imine (C=N–C) groups is 1. The highest BCUT2D eigenvalue weighted by Gasteiger charge is 2.17. The van der Waals surface area contributed by atoms with E-state index >= 15 is 0 Å². The maximum absolute atomic E-state index is 12.0. The molecule has 0 radical (unpaired) electrons. The van der Waals surface area contributed by atoms with Crippen LogP contribution in [0.3, 0.4) is 0 Å². The van der Waals surface area contributed by atoms with Gasteiger partial charge in [0.25, 0.3) is 0 Å². The third-order valence-electron chi connectivity index (χ3n) is 3.15. The fraction of sp³-hybridized carbons (Fsp3) is 0.529. The Morgan fingerprint density at radius 2 is 2.00 bits per heavy atom. The molecule has 0 aliphatic rings. The largest absolute Gasteiger partial charge is 0.496 e. The molecule has 0 saturated heterocycles. The Bertz CT molecular complexity index is 603. The molecule has 6 nitrogen and oxygen atoms in total. The zero-order chi connectivity index (χ0) is 18.3. The van der Waals surface area contributed by atoms with E-state index in [4.69, 9.17) is 4.74 Å². The molecule has 0 unspecified atom stereocenters. The molecule has 0 saturated carbocycles. The van der Waals surface area contributed by atoms with Crippen LogP contribution in [0.2, 0.25) is 0 Å². The predicted molar refractivity (Wildman–Crippen MR) is 117 cm³/mol. The Kier molecular flexibility index (Phi) is 10.4. The van der Waals surface area contributed by atoms with Gasteiger partial charge in [0.05, 0.1) is 13.7 Å². The minimum atomic E-state index is -0.251. The van der Waals surface area contributed by atoms with Gasteiger partial charge in [-0.1, -0.05) is 15.9 Å². The molecule has 1 rings (SSSR count). The summed E-state index contributed by atoms with van der Waals surface area (Å²) in [5.41, 5.74) is 0.749. The number of halogens is 2. The van der Waals surface area contributed by atoms with Crippen LogP contribution in [0.5, 0.6) is 5.75 Å². The van der Waals surface area contributed by atoms with Crippen molar-refractivity contribution in [2.75, 3.05) is 27.7 Å². The van der Waals surface area contributed by atoms with E-state index in [1.54, 1.807) is 19.1 Å². The summed E-state index contributed by atoms with van der Waals surface area (Å²) in [5, 5.41) is 6.19. The number of rotatable bonds is 5. The molecule has 0 spiro atoms. The van der Waals surface area contributed by atoms with Crippen LogP contribution in [0.15, 0.2) is 27.7 Å². The van der Waals surface area contributed by atoms with Crippen molar-refractivity contribution in [2.45, 2.75) is 32.9 Å². The molecule has 25 heavy (non-hydrogen) atoms. The highest BCUT2D eigenvalue weighted by Crippen LogP contribution is 2.22. The van der Waals surface area contributed by atoms with E-state index in [2.05, 4.69) is 31.6 Å². The Morgan fingerprint density at radius 3 is 2.52 bits per heavy atom. The fourth-order valence-electron chi connectivity index (χ4n) is 2.19. The number of likely N-dealkylation sites (N-methyl/N-ethyl adjacent to an activating group) is 1. The lowest BCUT2D eigenvalue weighted by Gasteiger charge is -2.25. The van der Waals surface area contributed by atoms with Crippen LogP contribution < -0.4 is 15.4 Å². The molecule has 142 valence electrons. The fourth-order valence-corrected chi connectivity index (χ4v) is 2.60. The van der Waals surface area contributed by atoms with E-state index in [9.17, 15) is 4.79 Å². The zero-order valence-corrected chi connectivity index (χ0v) is 19.6. The van der Waals surface area contributed by atoms with Crippen molar-refractivity contribution in [3.05, 3.63) is 28.2 Å². The molecule has 8 heteroatoms. The van der Waals surface area contributed by atoms with Crippen molar-refractivity contribution in [1.29, 1.82) is 0 Å². The number of nitrogens with one attached hydrogen (secondary N) is 2. The van der Waals surface area contributed by atoms with Gasteiger partial charge < -0.3 is 20.3 Å². The van der Waals surface area contributed by atoms with Crippen molar-refractivity contribution in [2.24, 2.45) is 4.99 Å². The summed E-state index contributed by atoms with van der Waals surface area (Å²) in [7, 11) is 5.17. The molecule has 0 atom stereocenters. The van der Waals surface area contributed by atoms with E-state index in [1.165, 1.54) is 0 Å². The van der Waals surface area contributed by atoms with Gasteiger partial charge in [0, 0.05) is 36.2 Å². The first-order valence-corrected chi connectivity index (χ1v) is 8.51. The third-order valence-corrected chi connectivity index (χ3v) is 3.64. The van der Waals surface area contributed by atoms with Gasteiger partial charge in [-0.25, -0.2) is 0 Å². The summed E-state index contributed by atoms with van der Waals surface area (Å²) >= 11 is 3.46. The van der Waals surface area contributed by atoms with E-state index in [0.717, 1.165) is 15.8 Å². The number of nitrogens with zero attached hydrogens (tertiary/aromatic N) is 2. The van der Waals surface area contributed by atoms with Crippen LogP contribution in [0, 0.1) is 0 Å². The van der Waals surface area contributed by atoms with Gasteiger partial charge in [0.2, 0.25) is 5.91 Å². The van der Waals surface area contributed by atoms with E-state index in [-0.39, 0.29) is 42.0 Å². The molecular formula is C17H28BrIN4O2. The van der Waals surface area contributed by atoms with Crippen LogP contribution >= 0.6 is 39.9 Å². The first-order chi connectivity index (χ1) is 11.2. The molecule has 0 aromatic heterocycles. The zero-order valence-electron chi connectivity index (χ0n) is 15.6. The van der Waals surface area contributed by atoms with Crippen molar-refractivity contribution in [3.63, 3.8) is 0 Å². The van der Waals surface area contributed by atoms with Gasteiger partial charge in [0.15, 0.2) is 5.96 Å². The molecule has 0 aliphatic heterocycles. The number of benzene rings is 1. The summed E-state index contributed by atoms with van der Waals surface area (Å²) in [6.45, 7) is 6.64. The average Bonchev–Trinajstić information content (AvgIpc) is 2.45. The van der Waals surface area contributed by atoms with Crippen LogP contribution in [0.25, 0.3) is 0 Å². The molecule has 2 N–H and O–H groups in total. The maximum atomic E-state index is 12.0. The predicted octanol–water partition coefficient (Wildman–Crippen LogP) is 3.00. The summed E-state index contributed by atoms with van der Waals surface area (Å²) in [5.74, 6) is 1.39. The number of ether oxygens (including phenoxy) is 1. The monoisotopic (exact) mass is 526 g/mol. The lowest BCUT2D eigenvalue weighted by atomic mass is 10.1. The molecule has 0 fully saturated rings. The van der Waals surface area contributed by atoms with Gasteiger partial charge in [-0.3, -0.25) is 9.79 Å². The number of amides is 1. The molecule has 1 aromatic rings. The van der Waals surface area contributed by atoms with Gasteiger partial charge in [0.1, 0.15) is 5.75 Å². The van der Waals surface area contributed by atoms with Gasteiger partial charge in [-0.2, -0.15) is 0 Å². The lowest BCUT2D eigenvalue weighted by Crippen LogP contribution is -2.48. The first kappa shape index (κ1) is 24.0. The quantitative estimate of drug-likeness (QED) is 0.351. The highest BCUT2D eigenvalue weighted by atomic mass is 127. The summed E-state index contributed by atoms with van der Waals surface area (Å²) in [6, 6.07) is 5.83. The van der Waals surface area contributed by atoms with Crippen molar-refractivity contribution < 1.29 is 9.53 Å². The smallest absolute Gasteiger partial charge is 0.240 e. The first-order valence-electron chi connectivity index (χ1n) is 7.71. The van der Waals surface area contributed by atoms with E-state index in [0.29, 0.717) is 12.5 Å². The summed E-state index contributed by atoms with van der Waals surface area (Å²) < 4.78 is 6.35. The average molecular weight is 527 g/mol. The Hall–Kier alpha value is -1.03. The molecule has 1 aromatic carbocycles. The Labute approximate surface area is 175 Å². The number of guanidine groups is 1. The lowest BCUT2D eigenvalue weighted by molar-refractivity contribution is -0.122. The van der Waals surface area contributed by atoms with Crippen molar-refractivity contribution in [1.82, 2.24) is 15.5 Å². The molecule has 0 aliphatic carbocycles. The summed E-state index contributed by atoms with van der Waals surface area (Å²) in [6.07, 6.45) is 0. The van der Waals surface area contributed by atoms with Crippen LogP contribution in [-0.2, 0) is 11.3 Å². The second kappa shape index (κ2) is 10.8. The van der Waals surface area contributed by atoms with Crippen LogP contribution in [-0.4, -0.2) is 50.1 Å². The number of methoxy groups -OCH3 is 1. The van der Waals surface area contributed by atoms with Gasteiger partial charge in [-0.15, -0.1) is 24.0 Å². The van der Waals surface area contributed by atoms with Crippen molar-refractivity contribution >= 4 is 51.8 Å². The molecule has 0 heterocycles. The maximum Gasteiger partial charge on any atom is 0.240 e. The number of hydrogen-bond acceptors (Lipinski definition) is 3. The van der Waals surface area contributed by atoms with E-state index in [1.807, 2.05) is 46.0 Å². The van der Waals surface area contributed by atoms with Crippen LogP contribution in [0.4, 0.5) is 0 Å². The Morgan fingerprint density at radius 1 is 1.36 bits per heavy atom. The normalized spacial score (nSPS) is 11.4. The Balaban J connectivity index is 0.00000576. The standard InChI is InChI=1S/C17H27BrN4O2.HI/c1-17(2,3)21-15(23)11-22(5)16(19-4)20-10-12-9-13(18)7-8-14(12)24-6;/h7-9H,10-11H2,1-6H3,(H,19,20)(H,21,23);1H. The molecule has 0 bridgehead atoms. The topological polar surface area (TPSA) is 66.0 Å². The molecular weight excluding hydrogens is 499 g/mol. The second-order valence-corrected chi connectivity index (χ2v) is 7.43. The molecule has 1 amide bonds. The van der Waals surface area contributed by atoms with Crippen molar-refractivity contribution in [3.8, 4) is 5.75 Å². The van der Waals surface area contributed by atoms with Gasteiger partial charge >= 0.3 is 0 Å². The minimum absolute atomic E-state index is 0. The number of hydrogen-bond donors (Lipinski definition) is 2. The number of carbonyl (C=O) groups is 1. The van der Waals surface area contributed by atoms with Crippen LogP contribution in [0.1, 0.15) is 26.3 Å². The minimum Gasteiger partial charge on any atom is -0.496 e. The second-order valence-electron chi connectivity index (χ2n) is 6.51. The summed E-state index contributed by atoms with van der Waals surface area (Å²) in [4.78, 5) is 18.1. The number of carbonyl (C=O) groups excluding carboxylic acids is 1. The van der Waals surface area contributed by atoms with E-state index < -0.39 is 0 Å². The third kappa shape index (κ3) is 8.75. The SMILES string of the molecule is CN=C(NCc1cc(Br)ccc1OC)N(C)CC(=O)NC(C)(C)C.I. The van der Waals surface area contributed by atoms with Gasteiger partial charge in [-0.05, 0) is 39.0 Å².